The third-order valence-corrected chi connectivity index (χ3v) is 5.02. The zero-order valence-electron chi connectivity index (χ0n) is 17.1. The first-order valence-electron chi connectivity index (χ1n) is 10.1. The van der Waals surface area contributed by atoms with Gasteiger partial charge in [-0.1, -0.05) is 36.4 Å². The van der Waals surface area contributed by atoms with Crippen LogP contribution in [0.15, 0.2) is 78.0 Å². The highest BCUT2D eigenvalue weighted by Gasteiger charge is 2.16. The molecule has 0 bridgehead atoms. The van der Waals surface area contributed by atoms with Crippen molar-refractivity contribution >= 4 is 12.0 Å². The molecule has 4 rings (SSSR count). The van der Waals surface area contributed by atoms with Gasteiger partial charge in [0.05, 0.1) is 26.4 Å². The molecular weight excluding hydrogens is 376 g/mol. The van der Waals surface area contributed by atoms with Crippen molar-refractivity contribution in [1.82, 2.24) is 9.99 Å². The summed E-state index contributed by atoms with van der Waals surface area (Å²) in [7, 11) is 1.65. The standard InChI is InChI=1S/C24H26N4O2/c1-29-22-11-10-21(17-23(22)30-19-20-7-3-2-4-8-20)18-26-28-15-13-27(14-16-28)24-9-5-6-12-25-24/h2-12,17-18H,13-16,19H2,1H3. The van der Waals surface area contributed by atoms with E-state index in [0.29, 0.717) is 18.1 Å². The second-order valence-corrected chi connectivity index (χ2v) is 7.06. The number of anilines is 1. The van der Waals surface area contributed by atoms with Gasteiger partial charge < -0.3 is 14.4 Å². The van der Waals surface area contributed by atoms with Gasteiger partial charge in [-0.15, -0.1) is 0 Å². The Hall–Kier alpha value is -3.54. The second kappa shape index (κ2) is 9.78. The number of nitrogens with zero attached hydrogens (tertiary/aromatic N) is 4. The molecular formula is C24H26N4O2. The molecule has 154 valence electrons. The van der Waals surface area contributed by atoms with Gasteiger partial charge in [-0.3, -0.25) is 5.01 Å². The molecule has 2 aromatic carbocycles. The molecule has 1 aliphatic rings. The van der Waals surface area contributed by atoms with Crippen molar-refractivity contribution in [3.05, 3.63) is 84.1 Å². The number of hydrogen-bond donors (Lipinski definition) is 0. The van der Waals surface area contributed by atoms with E-state index in [2.05, 4.69) is 20.0 Å². The van der Waals surface area contributed by atoms with Gasteiger partial charge in [0.1, 0.15) is 12.4 Å². The lowest BCUT2D eigenvalue weighted by Crippen LogP contribution is -2.44. The summed E-state index contributed by atoms with van der Waals surface area (Å²) in [6.45, 7) is 4.03. The Labute approximate surface area is 177 Å². The molecule has 1 fully saturated rings. The maximum Gasteiger partial charge on any atom is 0.162 e. The fourth-order valence-corrected chi connectivity index (χ4v) is 3.35. The van der Waals surface area contributed by atoms with Crippen molar-refractivity contribution in [2.75, 3.05) is 38.2 Å². The van der Waals surface area contributed by atoms with Crippen LogP contribution >= 0.6 is 0 Å². The Balaban J connectivity index is 1.36. The van der Waals surface area contributed by atoms with Crippen molar-refractivity contribution in [2.45, 2.75) is 6.61 Å². The maximum atomic E-state index is 6.00. The Morgan fingerprint density at radius 3 is 2.47 bits per heavy atom. The number of aromatic nitrogens is 1. The molecule has 0 amide bonds. The van der Waals surface area contributed by atoms with Crippen molar-refractivity contribution in [1.29, 1.82) is 0 Å². The largest absolute Gasteiger partial charge is 0.493 e. The number of benzene rings is 2. The van der Waals surface area contributed by atoms with E-state index < -0.39 is 0 Å². The zero-order valence-corrected chi connectivity index (χ0v) is 17.1. The molecule has 0 aliphatic carbocycles. The fourth-order valence-electron chi connectivity index (χ4n) is 3.35. The maximum absolute atomic E-state index is 6.00. The lowest BCUT2D eigenvalue weighted by molar-refractivity contribution is 0.271. The monoisotopic (exact) mass is 402 g/mol. The number of hydrazone groups is 1. The van der Waals surface area contributed by atoms with E-state index in [4.69, 9.17) is 9.47 Å². The van der Waals surface area contributed by atoms with Crippen molar-refractivity contribution in [3.63, 3.8) is 0 Å². The van der Waals surface area contributed by atoms with Gasteiger partial charge in [-0.05, 0) is 41.5 Å². The highest BCUT2D eigenvalue weighted by Crippen LogP contribution is 2.28. The van der Waals surface area contributed by atoms with Crippen molar-refractivity contribution in [3.8, 4) is 11.5 Å². The minimum atomic E-state index is 0.493. The molecule has 6 heteroatoms. The predicted octanol–water partition coefficient (Wildman–Crippen LogP) is 3.83. The summed E-state index contributed by atoms with van der Waals surface area (Å²) in [6.07, 6.45) is 3.71. The molecule has 0 N–H and O–H groups in total. The highest BCUT2D eigenvalue weighted by atomic mass is 16.5. The van der Waals surface area contributed by atoms with Crippen LogP contribution in [0.1, 0.15) is 11.1 Å². The van der Waals surface area contributed by atoms with E-state index in [1.807, 2.05) is 79.1 Å². The third kappa shape index (κ3) is 5.08. The molecule has 0 spiro atoms. The normalized spacial score (nSPS) is 14.2. The van der Waals surface area contributed by atoms with Gasteiger partial charge in [0.25, 0.3) is 0 Å². The Kier molecular flexibility index (Phi) is 6.44. The topological polar surface area (TPSA) is 50.2 Å². The molecule has 0 unspecified atom stereocenters. The molecule has 1 aliphatic heterocycles. The van der Waals surface area contributed by atoms with E-state index in [-0.39, 0.29) is 0 Å². The lowest BCUT2D eigenvalue weighted by Gasteiger charge is -2.33. The van der Waals surface area contributed by atoms with Crippen LogP contribution in [0.3, 0.4) is 0 Å². The quantitative estimate of drug-likeness (QED) is 0.562. The molecule has 1 aromatic heterocycles. The first-order valence-corrected chi connectivity index (χ1v) is 10.1. The van der Waals surface area contributed by atoms with Crippen LogP contribution < -0.4 is 14.4 Å². The number of pyridine rings is 1. The summed E-state index contributed by atoms with van der Waals surface area (Å²) in [5, 5.41) is 6.75. The van der Waals surface area contributed by atoms with Gasteiger partial charge in [-0.25, -0.2) is 4.98 Å². The van der Waals surface area contributed by atoms with Gasteiger partial charge in [0, 0.05) is 19.3 Å². The SMILES string of the molecule is COc1ccc(C=NN2CCN(c3ccccn3)CC2)cc1OCc1ccccc1. The molecule has 30 heavy (non-hydrogen) atoms. The molecule has 2 heterocycles. The van der Waals surface area contributed by atoms with E-state index in [0.717, 1.165) is 43.1 Å². The number of methoxy groups -OCH3 is 1. The van der Waals surface area contributed by atoms with Crippen LogP contribution in [0.25, 0.3) is 0 Å². The van der Waals surface area contributed by atoms with Crippen LogP contribution in [0.5, 0.6) is 11.5 Å². The highest BCUT2D eigenvalue weighted by molar-refractivity contribution is 5.80. The number of ether oxygens (including phenoxy) is 2. The van der Waals surface area contributed by atoms with Gasteiger partial charge in [-0.2, -0.15) is 5.10 Å². The third-order valence-electron chi connectivity index (χ3n) is 5.02. The number of rotatable bonds is 7. The molecule has 0 radical (unpaired) electrons. The molecule has 0 atom stereocenters. The average molecular weight is 402 g/mol. The van der Waals surface area contributed by atoms with Crippen LogP contribution in [0.4, 0.5) is 5.82 Å². The summed E-state index contributed by atoms with van der Waals surface area (Å²) < 4.78 is 11.4. The second-order valence-electron chi connectivity index (χ2n) is 7.06. The van der Waals surface area contributed by atoms with E-state index >= 15 is 0 Å². The smallest absolute Gasteiger partial charge is 0.162 e. The van der Waals surface area contributed by atoms with Gasteiger partial charge in [0.2, 0.25) is 0 Å². The average Bonchev–Trinajstić information content (AvgIpc) is 2.83. The molecule has 3 aromatic rings. The first-order chi connectivity index (χ1) is 14.8. The molecule has 0 saturated carbocycles. The summed E-state index contributed by atoms with van der Waals surface area (Å²) >= 11 is 0. The number of hydrogen-bond acceptors (Lipinski definition) is 6. The Bertz CT molecular complexity index is 955. The van der Waals surface area contributed by atoms with Crippen LogP contribution in [0.2, 0.25) is 0 Å². The fraction of sp³-hybridized carbons (Fsp3) is 0.250. The summed E-state index contributed by atoms with van der Waals surface area (Å²) in [5.41, 5.74) is 2.09. The minimum absolute atomic E-state index is 0.493. The van der Waals surface area contributed by atoms with Crippen LogP contribution in [0, 0.1) is 0 Å². The Morgan fingerprint density at radius 1 is 0.933 bits per heavy atom. The summed E-state index contributed by atoms with van der Waals surface area (Å²) in [4.78, 5) is 6.72. The summed E-state index contributed by atoms with van der Waals surface area (Å²) in [6, 6.07) is 22.0. The van der Waals surface area contributed by atoms with Crippen molar-refractivity contribution in [2.24, 2.45) is 5.10 Å². The van der Waals surface area contributed by atoms with Crippen molar-refractivity contribution < 1.29 is 9.47 Å². The van der Waals surface area contributed by atoms with Gasteiger partial charge >= 0.3 is 0 Å². The predicted molar refractivity (Wildman–Crippen MR) is 119 cm³/mol. The number of piperazine rings is 1. The molecule has 6 nitrogen and oxygen atoms in total. The first kappa shape index (κ1) is 19.8. The van der Waals surface area contributed by atoms with Crippen LogP contribution in [-0.2, 0) is 6.61 Å². The Morgan fingerprint density at radius 2 is 1.73 bits per heavy atom. The van der Waals surface area contributed by atoms with Crippen LogP contribution in [-0.4, -0.2) is 49.5 Å². The lowest BCUT2D eigenvalue weighted by atomic mass is 10.2. The minimum Gasteiger partial charge on any atom is -0.493 e. The van der Waals surface area contributed by atoms with E-state index in [9.17, 15) is 0 Å². The molecule has 1 saturated heterocycles. The zero-order chi connectivity index (χ0) is 20.6. The van der Waals surface area contributed by atoms with Gasteiger partial charge in [0.15, 0.2) is 11.5 Å². The van der Waals surface area contributed by atoms with E-state index in [1.54, 1.807) is 7.11 Å². The summed E-state index contributed by atoms with van der Waals surface area (Å²) in [5.74, 6) is 2.45. The van der Waals surface area contributed by atoms with E-state index in [1.165, 1.54) is 0 Å².